The number of rotatable bonds is 4. The third-order valence-electron chi connectivity index (χ3n) is 4.76. The SMILES string of the molecule is CC(C(C(=O)c1ccccc1)=C1SCCS1)c1ccc(C(C)(C)C)cc1. The lowest BCUT2D eigenvalue weighted by molar-refractivity contribution is 0.102. The molecule has 1 aliphatic rings. The third kappa shape index (κ3) is 4.27. The van der Waals surface area contributed by atoms with Gasteiger partial charge in [-0.25, -0.2) is 0 Å². The second kappa shape index (κ2) is 8.06. The molecule has 0 aromatic heterocycles. The minimum atomic E-state index is 0.0878. The lowest BCUT2D eigenvalue weighted by atomic mass is 9.84. The lowest BCUT2D eigenvalue weighted by Crippen LogP contribution is -2.13. The van der Waals surface area contributed by atoms with E-state index in [1.807, 2.05) is 53.9 Å². The highest BCUT2D eigenvalue weighted by molar-refractivity contribution is 8.25. The summed E-state index contributed by atoms with van der Waals surface area (Å²) in [6.07, 6.45) is 0. The molecule has 1 unspecified atom stereocenters. The maximum Gasteiger partial charge on any atom is 0.191 e. The summed E-state index contributed by atoms with van der Waals surface area (Å²) in [6, 6.07) is 18.5. The fraction of sp³-hybridized carbons (Fsp3) is 0.348. The summed E-state index contributed by atoms with van der Waals surface area (Å²) in [7, 11) is 0. The van der Waals surface area contributed by atoms with Crippen molar-refractivity contribution in [1.82, 2.24) is 0 Å². The highest BCUT2D eigenvalue weighted by Crippen LogP contribution is 2.44. The van der Waals surface area contributed by atoms with E-state index in [0.29, 0.717) is 0 Å². The molecular formula is C23H26OS2. The van der Waals surface area contributed by atoms with Crippen molar-refractivity contribution in [3.63, 3.8) is 0 Å². The van der Waals surface area contributed by atoms with Crippen LogP contribution in [0.2, 0.25) is 0 Å². The van der Waals surface area contributed by atoms with E-state index in [-0.39, 0.29) is 17.1 Å². The molecule has 1 saturated heterocycles. The van der Waals surface area contributed by atoms with Crippen molar-refractivity contribution in [3.8, 4) is 0 Å². The van der Waals surface area contributed by atoms with E-state index in [1.54, 1.807) is 0 Å². The first-order valence-electron chi connectivity index (χ1n) is 9.08. The van der Waals surface area contributed by atoms with Gasteiger partial charge in [0.05, 0.1) is 0 Å². The summed E-state index contributed by atoms with van der Waals surface area (Å²) in [6.45, 7) is 8.84. The first kappa shape index (κ1) is 19.3. The fourth-order valence-electron chi connectivity index (χ4n) is 3.12. The zero-order valence-electron chi connectivity index (χ0n) is 15.9. The molecule has 2 aromatic carbocycles. The Hall–Kier alpha value is -1.45. The molecule has 2 aromatic rings. The second-order valence-electron chi connectivity index (χ2n) is 7.69. The zero-order chi connectivity index (χ0) is 18.7. The van der Waals surface area contributed by atoms with Crippen molar-refractivity contribution >= 4 is 29.3 Å². The van der Waals surface area contributed by atoms with Gasteiger partial charge in [-0.3, -0.25) is 4.79 Å². The van der Waals surface area contributed by atoms with Crippen LogP contribution in [0.3, 0.4) is 0 Å². The topological polar surface area (TPSA) is 17.1 Å². The van der Waals surface area contributed by atoms with Gasteiger partial charge in [0.25, 0.3) is 0 Å². The number of Topliss-reactive ketones (excluding diaryl/α,β-unsaturated/α-hetero) is 1. The summed E-state index contributed by atoms with van der Waals surface area (Å²) in [5.74, 6) is 2.42. The Bertz CT molecular complexity index is 790. The highest BCUT2D eigenvalue weighted by atomic mass is 32.2. The Labute approximate surface area is 165 Å². The van der Waals surface area contributed by atoms with Gasteiger partial charge in [0.15, 0.2) is 5.78 Å². The van der Waals surface area contributed by atoms with Crippen molar-refractivity contribution in [2.75, 3.05) is 11.5 Å². The molecule has 1 aliphatic heterocycles. The quantitative estimate of drug-likeness (QED) is 0.434. The van der Waals surface area contributed by atoms with E-state index in [9.17, 15) is 4.79 Å². The van der Waals surface area contributed by atoms with Crippen LogP contribution in [-0.2, 0) is 5.41 Å². The Balaban J connectivity index is 1.97. The largest absolute Gasteiger partial charge is 0.289 e. The Morgan fingerprint density at radius 2 is 1.50 bits per heavy atom. The monoisotopic (exact) mass is 382 g/mol. The molecule has 1 heterocycles. The molecule has 0 radical (unpaired) electrons. The van der Waals surface area contributed by atoms with E-state index in [4.69, 9.17) is 0 Å². The van der Waals surface area contributed by atoms with E-state index in [2.05, 4.69) is 52.0 Å². The predicted octanol–water partition coefficient (Wildman–Crippen LogP) is 6.66. The smallest absolute Gasteiger partial charge is 0.191 e. The highest BCUT2D eigenvalue weighted by Gasteiger charge is 2.27. The van der Waals surface area contributed by atoms with Crippen LogP contribution in [0.1, 0.15) is 55.1 Å². The number of carbonyl (C=O) groups excluding carboxylic acids is 1. The van der Waals surface area contributed by atoms with Crippen LogP contribution in [-0.4, -0.2) is 17.3 Å². The Kier molecular flexibility index (Phi) is 5.99. The van der Waals surface area contributed by atoms with Gasteiger partial charge in [-0.15, -0.1) is 23.5 Å². The van der Waals surface area contributed by atoms with Crippen molar-refractivity contribution in [2.24, 2.45) is 0 Å². The average Bonchev–Trinajstić information content (AvgIpc) is 3.16. The van der Waals surface area contributed by atoms with Crippen LogP contribution in [0.15, 0.2) is 64.4 Å². The van der Waals surface area contributed by atoms with E-state index in [1.165, 1.54) is 15.4 Å². The minimum Gasteiger partial charge on any atom is -0.289 e. The molecule has 0 saturated carbocycles. The molecule has 1 nitrogen and oxygen atoms in total. The Morgan fingerprint density at radius 3 is 2.04 bits per heavy atom. The van der Waals surface area contributed by atoms with Gasteiger partial charge in [-0.1, -0.05) is 82.3 Å². The summed E-state index contributed by atoms with van der Waals surface area (Å²) in [4.78, 5) is 13.3. The zero-order valence-corrected chi connectivity index (χ0v) is 17.5. The Morgan fingerprint density at radius 1 is 0.923 bits per heavy atom. The first-order chi connectivity index (χ1) is 12.4. The van der Waals surface area contributed by atoms with Crippen molar-refractivity contribution in [3.05, 3.63) is 81.1 Å². The molecular weight excluding hydrogens is 356 g/mol. The summed E-state index contributed by atoms with van der Waals surface area (Å²) in [5, 5.41) is 0. The van der Waals surface area contributed by atoms with Crippen molar-refractivity contribution < 1.29 is 4.79 Å². The van der Waals surface area contributed by atoms with Gasteiger partial charge in [0.1, 0.15) is 0 Å². The molecule has 136 valence electrons. The van der Waals surface area contributed by atoms with Gasteiger partial charge in [0, 0.05) is 32.8 Å². The van der Waals surface area contributed by atoms with Gasteiger partial charge in [-0.05, 0) is 16.5 Å². The molecule has 1 atom stereocenters. The van der Waals surface area contributed by atoms with Crippen molar-refractivity contribution in [1.29, 1.82) is 0 Å². The fourth-order valence-corrected chi connectivity index (χ4v) is 5.84. The predicted molar refractivity (Wildman–Crippen MR) is 116 cm³/mol. The number of carbonyl (C=O) groups is 1. The van der Waals surface area contributed by atoms with Gasteiger partial charge in [0.2, 0.25) is 0 Å². The first-order valence-corrected chi connectivity index (χ1v) is 11.0. The maximum absolute atomic E-state index is 13.3. The van der Waals surface area contributed by atoms with Crippen LogP contribution in [0.4, 0.5) is 0 Å². The number of thioether (sulfide) groups is 2. The number of benzene rings is 2. The van der Waals surface area contributed by atoms with Crippen LogP contribution >= 0.6 is 23.5 Å². The maximum atomic E-state index is 13.3. The molecule has 3 heteroatoms. The number of hydrogen-bond donors (Lipinski definition) is 0. The van der Waals surface area contributed by atoms with E-state index in [0.717, 1.165) is 22.6 Å². The molecule has 26 heavy (non-hydrogen) atoms. The second-order valence-corrected chi connectivity index (χ2v) is 10.2. The van der Waals surface area contributed by atoms with Crippen LogP contribution < -0.4 is 0 Å². The number of allylic oxidation sites excluding steroid dienone is 1. The number of ketones is 1. The van der Waals surface area contributed by atoms with Gasteiger partial charge >= 0.3 is 0 Å². The summed E-state index contributed by atoms with van der Waals surface area (Å²) >= 11 is 3.65. The van der Waals surface area contributed by atoms with Crippen LogP contribution in [0, 0.1) is 0 Å². The lowest BCUT2D eigenvalue weighted by Gasteiger charge is -2.22. The average molecular weight is 383 g/mol. The molecule has 0 amide bonds. The standard InChI is InChI=1S/C23H26OS2/c1-16(17-10-12-19(13-11-17)23(2,3)4)20(22-25-14-15-26-22)21(24)18-8-6-5-7-9-18/h5-13,16H,14-15H2,1-4H3. The normalized spacial score (nSPS) is 15.8. The van der Waals surface area contributed by atoms with E-state index < -0.39 is 0 Å². The van der Waals surface area contributed by atoms with E-state index >= 15 is 0 Å². The van der Waals surface area contributed by atoms with Gasteiger partial charge < -0.3 is 0 Å². The van der Waals surface area contributed by atoms with Crippen molar-refractivity contribution in [2.45, 2.75) is 39.0 Å². The molecule has 0 bridgehead atoms. The van der Waals surface area contributed by atoms with Gasteiger partial charge in [-0.2, -0.15) is 0 Å². The van der Waals surface area contributed by atoms with Crippen LogP contribution in [0.5, 0.6) is 0 Å². The molecule has 0 N–H and O–H groups in total. The minimum absolute atomic E-state index is 0.0878. The molecule has 3 rings (SSSR count). The number of hydrogen-bond acceptors (Lipinski definition) is 3. The van der Waals surface area contributed by atoms with Crippen LogP contribution in [0.25, 0.3) is 0 Å². The summed E-state index contributed by atoms with van der Waals surface area (Å²) < 4.78 is 1.20. The molecule has 0 spiro atoms. The third-order valence-corrected chi connectivity index (χ3v) is 7.51. The molecule has 0 aliphatic carbocycles. The molecule has 1 fully saturated rings. The summed E-state index contributed by atoms with van der Waals surface area (Å²) in [5.41, 5.74) is 4.40.